The molecule has 0 spiro atoms. The van der Waals surface area contributed by atoms with Crippen molar-refractivity contribution in [3.05, 3.63) is 96.1 Å². The molecule has 0 aromatic heterocycles. The lowest BCUT2D eigenvalue weighted by Crippen LogP contribution is -2.25. The van der Waals surface area contributed by atoms with E-state index in [0.29, 0.717) is 18.4 Å². The molecule has 3 heteroatoms. The van der Waals surface area contributed by atoms with Crippen molar-refractivity contribution in [1.82, 2.24) is 0 Å². The van der Waals surface area contributed by atoms with E-state index in [2.05, 4.69) is 0 Å². The van der Waals surface area contributed by atoms with Crippen molar-refractivity contribution in [2.24, 2.45) is 0 Å². The molecule has 3 nitrogen and oxygen atoms in total. The molecule has 0 radical (unpaired) electrons. The standard InChI is InChI=1S/C28H24O3/c1-2-9-21(29)18-26(24-16-7-12-19-10-3-5-14-22(19)24)28(31)27(30)25-17-8-13-20-11-4-6-15-23(20)25/h3-8,10-17,26H,2,9,18H2,1H3. The Kier molecular flexibility index (Phi) is 6.03. The number of benzene rings is 4. The quantitative estimate of drug-likeness (QED) is 0.254. The summed E-state index contributed by atoms with van der Waals surface area (Å²) in [6, 6.07) is 26.4. The lowest BCUT2D eigenvalue weighted by atomic mass is 9.83. The number of ketones is 3. The van der Waals surface area contributed by atoms with Gasteiger partial charge in [0, 0.05) is 18.4 Å². The number of carbonyl (C=O) groups is 3. The van der Waals surface area contributed by atoms with E-state index in [9.17, 15) is 14.4 Å². The van der Waals surface area contributed by atoms with Crippen molar-refractivity contribution < 1.29 is 14.4 Å². The van der Waals surface area contributed by atoms with Crippen molar-refractivity contribution in [1.29, 1.82) is 0 Å². The lowest BCUT2D eigenvalue weighted by molar-refractivity contribution is -0.123. The van der Waals surface area contributed by atoms with Crippen LogP contribution < -0.4 is 0 Å². The summed E-state index contributed by atoms with van der Waals surface area (Å²) < 4.78 is 0. The highest BCUT2D eigenvalue weighted by molar-refractivity contribution is 6.47. The normalized spacial score (nSPS) is 12.0. The second-order valence-corrected chi connectivity index (χ2v) is 7.83. The Labute approximate surface area is 181 Å². The first kappa shape index (κ1) is 20.7. The molecule has 1 unspecified atom stereocenters. The first-order chi connectivity index (χ1) is 15.1. The van der Waals surface area contributed by atoms with E-state index < -0.39 is 17.5 Å². The van der Waals surface area contributed by atoms with Gasteiger partial charge in [0.1, 0.15) is 5.78 Å². The summed E-state index contributed by atoms with van der Waals surface area (Å²) >= 11 is 0. The molecule has 0 N–H and O–H groups in total. The minimum Gasteiger partial charge on any atom is -0.300 e. The molecule has 0 bridgehead atoms. The Morgan fingerprint density at radius 3 is 2.00 bits per heavy atom. The summed E-state index contributed by atoms with van der Waals surface area (Å²) in [6.07, 6.45) is 1.15. The van der Waals surface area contributed by atoms with Crippen molar-refractivity contribution in [3.63, 3.8) is 0 Å². The van der Waals surface area contributed by atoms with Crippen LogP contribution in [0.25, 0.3) is 21.5 Å². The third-order valence-electron chi connectivity index (χ3n) is 5.73. The number of Topliss-reactive ketones (excluding diaryl/α,β-unsaturated/α-hetero) is 3. The molecule has 1 atom stereocenters. The summed E-state index contributed by atoms with van der Waals surface area (Å²) in [4.78, 5) is 39.5. The van der Waals surface area contributed by atoms with Crippen LogP contribution >= 0.6 is 0 Å². The highest BCUT2D eigenvalue weighted by Gasteiger charge is 2.31. The van der Waals surface area contributed by atoms with Gasteiger partial charge < -0.3 is 0 Å². The molecule has 0 aliphatic heterocycles. The fourth-order valence-corrected chi connectivity index (χ4v) is 4.22. The second-order valence-electron chi connectivity index (χ2n) is 7.83. The Morgan fingerprint density at radius 1 is 0.710 bits per heavy atom. The smallest absolute Gasteiger partial charge is 0.229 e. The summed E-state index contributed by atoms with van der Waals surface area (Å²) in [7, 11) is 0. The third-order valence-corrected chi connectivity index (χ3v) is 5.73. The topological polar surface area (TPSA) is 51.2 Å². The van der Waals surface area contributed by atoms with Crippen molar-refractivity contribution >= 4 is 38.9 Å². The van der Waals surface area contributed by atoms with Crippen LogP contribution in [0, 0.1) is 0 Å². The van der Waals surface area contributed by atoms with Gasteiger partial charge in [0.15, 0.2) is 0 Å². The number of fused-ring (bicyclic) bond motifs is 2. The molecule has 0 aliphatic carbocycles. The zero-order valence-corrected chi connectivity index (χ0v) is 17.5. The maximum Gasteiger partial charge on any atom is 0.229 e. The zero-order valence-electron chi connectivity index (χ0n) is 17.5. The zero-order chi connectivity index (χ0) is 21.8. The van der Waals surface area contributed by atoms with Gasteiger partial charge in [-0.1, -0.05) is 91.9 Å². The summed E-state index contributed by atoms with van der Waals surface area (Å²) in [5.41, 5.74) is 1.12. The molecule has 4 aromatic rings. The SMILES string of the molecule is CCCC(=O)CC(C(=O)C(=O)c1cccc2ccccc12)c1cccc2ccccc12. The Morgan fingerprint density at radius 2 is 1.29 bits per heavy atom. The number of hydrogen-bond donors (Lipinski definition) is 0. The first-order valence-electron chi connectivity index (χ1n) is 10.7. The predicted molar refractivity (Wildman–Crippen MR) is 125 cm³/mol. The van der Waals surface area contributed by atoms with E-state index in [1.54, 1.807) is 12.1 Å². The van der Waals surface area contributed by atoms with Gasteiger partial charge in [0.25, 0.3) is 0 Å². The molecule has 0 heterocycles. The first-order valence-corrected chi connectivity index (χ1v) is 10.7. The molecule has 0 aliphatic rings. The van der Waals surface area contributed by atoms with Crippen molar-refractivity contribution in [3.8, 4) is 0 Å². The van der Waals surface area contributed by atoms with Crippen LogP contribution in [0.2, 0.25) is 0 Å². The third kappa shape index (κ3) is 4.17. The average Bonchev–Trinajstić information content (AvgIpc) is 2.81. The molecule has 0 saturated carbocycles. The maximum atomic E-state index is 13.6. The van der Waals surface area contributed by atoms with Crippen LogP contribution in [0.15, 0.2) is 84.9 Å². The Bertz CT molecular complexity index is 1280. The van der Waals surface area contributed by atoms with Crippen LogP contribution in [-0.4, -0.2) is 17.3 Å². The maximum absolute atomic E-state index is 13.6. The van der Waals surface area contributed by atoms with Crippen LogP contribution in [-0.2, 0) is 9.59 Å². The predicted octanol–water partition coefficient (Wildman–Crippen LogP) is 6.29. The van der Waals surface area contributed by atoms with Crippen LogP contribution in [0.5, 0.6) is 0 Å². The molecule has 0 fully saturated rings. The van der Waals surface area contributed by atoms with Gasteiger partial charge in [-0.25, -0.2) is 0 Å². The molecule has 4 aromatic carbocycles. The minimum absolute atomic E-state index is 0.000459. The summed E-state index contributed by atoms with van der Waals surface area (Å²) in [5, 5.41) is 3.54. The Balaban J connectivity index is 1.80. The van der Waals surface area contributed by atoms with Gasteiger partial charge in [0.2, 0.25) is 11.6 Å². The van der Waals surface area contributed by atoms with Crippen molar-refractivity contribution in [2.75, 3.05) is 0 Å². The van der Waals surface area contributed by atoms with E-state index in [-0.39, 0.29) is 12.2 Å². The highest BCUT2D eigenvalue weighted by atomic mass is 16.2. The van der Waals surface area contributed by atoms with E-state index in [0.717, 1.165) is 27.1 Å². The average molecular weight is 408 g/mol. The van der Waals surface area contributed by atoms with Gasteiger partial charge in [-0.2, -0.15) is 0 Å². The molecular formula is C28H24O3. The second kappa shape index (κ2) is 9.05. The highest BCUT2D eigenvalue weighted by Crippen LogP contribution is 2.31. The number of rotatable bonds is 8. The fraction of sp³-hybridized carbons (Fsp3) is 0.179. The van der Waals surface area contributed by atoms with Gasteiger partial charge in [-0.15, -0.1) is 0 Å². The molecular weight excluding hydrogens is 384 g/mol. The van der Waals surface area contributed by atoms with E-state index in [1.807, 2.05) is 79.7 Å². The number of carbonyl (C=O) groups excluding carboxylic acids is 3. The summed E-state index contributed by atoms with van der Waals surface area (Å²) in [5.74, 6) is -1.87. The fourth-order valence-electron chi connectivity index (χ4n) is 4.22. The van der Waals surface area contributed by atoms with Gasteiger partial charge in [-0.3, -0.25) is 14.4 Å². The van der Waals surface area contributed by atoms with E-state index >= 15 is 0 Å². The van der Waals surface area contributed by atoms with E-state index in [1.165, 1.54) is 0 Å². The lowest BCUT2D eigenvalue weighted by Gasteiger charge is -2.18. The molecule has 0 amide bonds. The molecule has 154 valence electrons. The van der Waals surface area contributed by atoms with Crippen LogP contribution in [0.4, 0.5) is 0 Å². The summed E-state index contributed by atoms with van der Waals surface area (Å²) in [6.45, 7) is 1.94. The van der Waals surface area contributed by atoms with Crippen molar-refractivity contribution in [2.45, 2.75) is 32.1 Å². The van der Waals surface area contributed by atoms with Crippen LogP contribution in [0.3, 0.4) is 0 Å². The Hall–Kier alpha value is -3.59. The van der Waals surface area contributed by atoms with Crippen LogP contribution in [0.1, 0.15) is 48.0 Å². The molecule has 4 rings (SSSR count). The van der Waals surface area contributed by atoms with E-state index in [4.69, 9.17) is 0 Å². The van der Waals surface area contributed by atoms with Gasteiger partial charge in [0.05, 0.1) is 5.92 Å². The largest absolute Gasteiger partial charge is 0.300 e. The minimum atomic E-state index is -0.795. The van der Waals surface area contributed by atoms with Gasteiger partial charge >= 0.3 is 0 Å². The molecule has 0 saturated heterocycles. The van der Waals surface area contributed by atoms with Gasteiger partial charge in [-0.05, 0) is 33.5 Å². The molecule has 31 heavy (non-hydrogen) atoms. The monoisotopic (exact) mass is 408 g/mol. The number of hydrogen-bond acceptors (Lipinski definition) is 3.